The molecule has 0 spiro atoms. The normalized spacial score (nSPS) is 20.7. The number of amides is 2. The van der Waals surface area contributed by atoms with Crippen molar-refractivity contribution in [3.63, 3.8) is 0 Å². The molecule has 0 bridgehead atoms. The topological polar surface area (TPSA) is 63.0 Å². The quantitative estimate of drug-likeness (QED) is 0.644. The highest BCUT2D eigenvalue weighted by molar-refractivity contribution is 5.97. The Morgan fingerprint density at radius 3 is 2.45 bits per heavy atom. The van der Waals surface area contributed by atoms with Gasteiger partial charge in [-0.15, -0.1) is 0 Å². The predicted octanol–water partition coefficient (Wildman–Crippen LogP) is 3.67. The molecule has 2 heterocycles. The van der Waals surface area contributed by atoms with E-state index in [2.05, 4.69) is 0 Å². The Morgan fingerprint density at radius 2 is 1.74 bits per heavy atom. The van der Waals surface area contributed by atoms with E-state index in [1.54, 1.807) is 36.3 Å². The molecule has 0 radical (unpaired) electrons. The van der Waals surface area contributed by atoms with Crippen molar-refractivity contribution in [2.75, 3.05) is 33.3 Å². The molecule has 5 rings (SSSR count). The van der Waals surface area contributed by atoms with Gasteiger partial charge in [0.05, 0.1) is 7.11 Å². The van der Waals surface area contributed by atoms with Crippen molar-refractivity contribution in [2.45, 2.75) is 12.3 Å². The SMILES string of the molecule is COc1cccc2cc(C(=O)N3CCN(C(=O)C4CC4c4ccc(F)cc4)CC3)oc12. The van der Waals surface area contributed by atoms with Gasteiger partial charge in [-0.3, -0.25) is 9.59 Å². The number of rotatable bonds is 4. The maximum absolute atomic E-state index is 13.1. The Labute approximate surface area is 179 Å². The van der Waals surface area contributed by atoms with Gasteiger partial charge in [0.15, 0.2) is 17.1 Å². The second-order valence-electron chi connectivity index (χ2n) is 8.11. The van der Waals surface area contributed by atoms with E-state index in [4.69, 9.17) is 9.15 Å². The largest absolute Gasteiger partial charge is 0.493 e. The molecule has 2 aromatic carbocycles. The van der Waals surface area contributed by atoms with Crippen LogP contribution >= 0.6 is 0 Å². The summed E-state index contributed by atoms with van der Waals surface area (Å²) in [6, 6.07) is 13.6. The molecule has 1 saturated heterocycles. The van der Waals surface area contributed by atoms with E-state index in [0.717, 1.165) is 17.4 Å². The number of methoxy groups -OCH3 is 1. The minimum atomic E-state index is -0.268. The van der Waals surface area contributed by atoms with Gasteiger partial charge in [0.25, 0.3) is 5.91 Å². The van der Waals surface area contributed by atoms with Gasteiger partial charge in [0.2, 0.25) is 5.91 Å². The molecule has 3 aromatic rings. The van der Waals surface area contributed by atoms with Gasteiger partial charge in [-0.05, 0) is 42.2 Å². The minimum Gasteiger partial charge on any atom is -0.493 e. The predicted molar refractivity (Wildman–Crippen MR) is 112 cm³/mol. The summed E-state index contributed by atoms with van der Waals surface area (Å²) in [4.78, 5) is 29.3. The Morgan fingerprint density at radius 1 is 1.03 bits per heavy atom. The average molecular weight is 422 g/mol. The molecule has 2 amide bonds. The lowest BCUT2D eigenvalue weighted by Crippen LogP contribution is -2.51. The summed E-state index contributed by atoms with van der Waals surface area (Å²) in [5, 5.41) is 0.817. The summed E-state index contributed by atoms with van der Waals surface area (Å²) < 4.78 is 24.2. The molecule has 160 valence electrons. The molecule has 0 N–H and O–H groups in total. The molecule has 31 heavy (non-hydrogen) atoms. The number of ether oxygens (including phenoxy) is 1. The lowest BCUT2D eigenvalue weighted by atomic mass is 10.1. The third-order valence-corrected chi connectivity index (χ3v) is 6.22. The van der Waals surface area contributed by atoms with Gasteiger partial charge >= 0.3 is 0 Å². The average Bonchev–Trinajstić information content (AvgIpc) is 3.48. The molecule has 2 aliphatic rings. The number of hydrogen-bond acceptors (Lipinski definition) is 4. The van der Waals surface area contributed by atoms with Crippen LogP contribution < -0.4 is 4.74 Å². The van der Waals surface area contributed by atoms with Gasteiger partial charge in [-0.1, -0.05) is 24.3 Å². The number of carbonyl (C=O) groups is 2. The first-order chi connectivity index (χ1) is 15.0. The molecule has 1 saturated carbocycles. The van der Waals surface area contributed by atoms with Gasteiger partial charge in [-0.2, -0.15) is 0 Å². The lowest BCUT2D eigenvalue weighted by Gasteiger charge is -2.34. The number of benzene rings is 2. The van der Waals surface area contributed by atoms with Crippen LogP contribution in [0, 0.1) is 11.7 Å². The van der Waals surface area contributed by atoms with Crippen LogP contribution in [-0.2, 0) is 4.79 Å². The summed E-state index contributed by atoms with van der Waals surface area (Å²) in [5.74, 6) is 0.658. The van der Waals surface area contributed by atoms with Crippen LogP contribution in [0.5, 0.6) is 5.75 Å². The zero-order valence-electron chi connectivity index (χ0n) is 17.2. The first kappa shape index (κ1) is 19.6. The first-order valence-electron chi connectivity index (χ1n) is 10.4. The van der Waals surface area contributed by atoms with Crippen molar-refractivity contribution in [1.82, 2.24) is 9.80 Å². The van der Waals surface area contributed by atoms with Gasteiger partial charge in [0, 0.05) is 37.5 Å². The van der Waals surface area contributed by atoms with Gasteiger partial charge in [-0.25, -0.2) is 4.39 Å². The van der Waals surface area contributed by atoms with E-state index < -0.39 is 0 Å². The van der Waals surface area contributed by atoms with Crippen molar-refractivity contribution in [3.8, 4) is 5.75 Å². The van der Waals surface area contributed by atoms with Gasteiger partial charge in [0.1, 0.15) is 5.82 Å². The zero-order chi connectivity index (χ0) is 21.5. The number of para-hydroxylation sites is 1. The monoisotopic (exact) mass is 422 g/mol. The van der Waals surface area contributed by atoms with Crippen molar-refractivity contribution >= 4 is 22.8 Å². The standard InChI is InChI=1S/C24H23FN2O4/c1-30-20-4-2-3-16-13-21(31-22(16)20)24(29)27-11-9-26(10-12-27)23(28)19-14-18(19)15-5-7-17(25)8-6-15/h2-8,13,18-19H,9-12,14H2,1H3. The van der Waals surface area contributed by atoms with E-state index in [0.29, 0.717) is 37.5 Å². The highest BCUT2D eigenvalue weighted by Gasteiger charge is 2.46. The fourth-order valence-electron chi connectivity index (χ4n) is 4.37. The van der Waals surface area contributed by atoms with E-state index in [1.165, 1.54) is 12.1 Å². The third-order valence-electron chi connectivity index (χ3n) is 6.22. The molecule has 2 fully saturated rings. The van der Waals surface area contributed by atoms with Crippen LogP contribution in [0.4, 0.5) is 4.39 Å². The smallest absolute Gasteiger partial charge is 0.289 e. The van der Waals surface area contributed by atoms with Crippen molar-refractivity contribution < 1.29 is 23.1 Å². The van der Waals surface area contributed by atoms with E-state index in [-0.39, 0.29) is 35.2 Å². The molecule has 1 aromatic heterocycles. The van der Waals surface area contributed by atoms with Crippen LogP contribution in [0.25, 0.3) is 11.0 Å². The highest BCUT2D eigenvalue weighted by atomic mass is 19.1. The third kappa shape index (κ3) is 3.65. The Bertz CT molecular complexity index is 1130. The maximum Gasteiger partial charge on any atom is 0.289 e. The number of piperazine rings is 1. The molecule has 7 heteroatoms. The van der Waals surface area contributed by atoms with Crippen LogP contribution in [0.3, 0.4) is 0 Å². The fraction of sp³-hybridized carbons (Fsp3) is 0.333. The van der Waals surface area contributed by atoms with Crippen LogP contribution in [0.2, 0.25) is 0 Å². The highest BCUT2D eigenvalue weighted by Crippen LogP contribution is 2.48. The van der Waals surface area contributed by atoms with Crippen LogP contribution in [-0.4, -0.2) is 54.9 Å². The van der Waals surface area contributed by atoms with Crippen molar-refractivity contribution in [1.29, 1.82) is 0 Å². The Balaban J connectivity index is 1.20. The molecule has 6 nitrogen and oxygen atoms in total. The Hall–Kier alpha value is -3.35. The molecule has 1 aliphatic heterocycles. The molecular formula is C24H23FN2O4. The molecule has 2 unspecified atom stereocenters. The second-order valence-corrected chi connectivity index (χ2v) is 8.11. The number of hydrogen-bond donors (Lipinski definition) is 0. The first-order valence-corrected chi connectivity index (χ1v) is 10.4. The summed E-state index contributed by atoms with van der Waals surface area (Å²) in [6.07, 6.45) is 0.796. The van der Waals surface area contributed by atoms with Crippen LogP contribution in [0.15, 0.2) is 52.9 Å². The second kappa shape index (κ2) is 7.72. The van der Waals surface area contributed by atoms with Crippen LogP contribution in [0.1, 0.15) is 28.5 Å². The summed E-state index contributed by atoms with van der Waals surface area (Å²) in [7, 11) is 1.57. The van der Waals surface area contributed by atoms with E-state index in [9.17, 15) is 14.0 Å². The summed E-state index contributed by atoms with van der Waals surface area (Å²) in [5.41, 5.74) is 1.57. The number of furan rings is 1. The maximum atomic E-state index is 13.1. The van der Waals surface area contributed by atoms with E-state index >= 15 is 0 Å². The number of carbonyl (C=O) groups excluding carboxylic acids is 2. The van der Waals surface area contributed by atoms with Crippen molar-refractivity contribution in [3.05, 3.63) is 65.7 Å². The summed E-state index contributed by atoms with van der Waals surface area (Å²) >= 11 is 0. The summed E-state index contributed by atoms with van der Waals surface area (Å²) in [6.45, 7) is 1.93. The minimum absolute atomic E-state index is 0.0458. The van der Waals surface area contributed by atoms with E-state index in [1.807, 2.05) is 17.0 Å². The molecular weight excluding hydrogens is 399 g/mol. The van der Waals surface area contributed by atoms with Crippen molar-refractivity contribution in [2.24, 2.45) is 5.92 Å². The molecule has 2 atom stereocenters. The Kier molecular flexibility index (Phi) is 4.88. The number of nitrogens with zero attached hydrogens (tertiary/aromatic N) is 2. The zero-order valence-corrected chi connectivity index (χ0v) is 17.2. The lowest BCUT2D eigenvalue weighted by molar-refractivity contribution is -0.134. The van der Waals surface area contributed by atoms with Gasteiger partial charge < -0.3 is 19.0 Å². The fourth-order valence-corrected chi connectivity index (χ4v) is 4.37. The number of fused-ring (bicyclic) bond motifs is 1. The number of halogens is 1. The molecule has 1 aliphatic carbocycles.